The highest BCUT2D eigenvalue weighted by molar-refractivity contribution is 6.42. The van der Waals surface area contributed by atoms with Gasteiger partial charge in [0.25, 0.3) is 0 Å². The van der Waals surface area contributed by atoms with E-state index in [0.717, 1.165) is 24.0 Å². The third kappa shape index (κ3) is 2.86. The molecular formula is C13H11Cl2NO2. The van der Waals surface area contributed by atoms with Gasteiger partial charge < -0.3 is 5.11 Å². The fraction of sp³-hybridized carbons (Fsp3) is 0.154. The van der Waals surface area contributed by atoms with Crippen molar-refractivity contribution in [2.24, 2.45) is 0 Å². The van der Waals surface area contributed by atoms with Crippen LogP contribution in [0.15, 0.2) is 36.0 Å². The Labute approximate surface area is 115 Å². The van der Waals surface area contributed by atoms with Crippen LogP contribution >= 0.6 is 23.2 Å². The number of benzene rings is 1. The second-order valence-electron chi connectivity index (χ2n) is 3.87. The van der Waals surface area contributed by atoms with Gasteiger partial charge in [0.05, 0.1) is 10.0 Å². The number of hydrogen-bond donors (Lipinski definition) is 2. The summed E-state index contributed by atoms with van der Waals surface area (Å²) >= 11 is 11.8. The minimum absolute atomic E-state index is 0.454. The summed E-state index contributed by atoms with van der Waals surface area (Å²) < 4.78 is 0. The molecule has 0 radical (unpaired) electrons. The maximum atomic E-state index is 10.7. The third-order valence-corrected chi connectivity index (χ3v) is 3.36. The third-order valence-electron chi connectivity index (χ3n) is 2.63. The number of nitrogens with one attached hydrogen (secondary N) is 1. The molecule has 1 aliphatic carbocycles. The van der Waals surface area contributed by atoms with Gasteiger partial charge in [-0.15, -0.1) is 0 Å². The van der Waals surface area contributed by atoms with E-state index in [-0.39, 0.29) is 0 Å². The SMILES string of the molecule is O=C(O)NC1=CCCC=C1c1ccc(Cl)c(Cl)c1. The van der Waals surface area contributed by atoms with Crippen LogP contribution in [-0.4, -0.2) is 11.2 Å². The van der Waals surface area contributed by atoms with Crippen molar-refractivity contribution >= 4 is 34.9 Å². The van der Waals surface area contributed by atoms with Gasteiger partial charge in [0.1, 0.15) is 0 Å². The van der Waals surface area contributed by atoms with Gasteiger partial charge in [-0.25, -0.2) is 4.79 Å². The molecule has 2 N–H and O–H groups in total. The van der Waals surface area contributed by atoms with E-state index in [2.05, 4.69) is 5.32 Å². The number of carbonyl (C=O) groups is 1. The smallest absolute Gasteiger partial charge is 0.409 e. The summed E-state index contributed by atoms with van der Waals surface area (Å²) in [7, 11) is 0. The normalized spacial score (nSPS) is 14.8. The van der Waals surface area contributed by atoms with Crippen LogP contribution in [0.2, 0.25) is 10.0 Å². The van der Waals surface area contributed by atoms with Crippen LogP contribution in [0.3, 0.4) is 0 Å². The Morgan fingerprint density at radius 2 is 1.89 bits per heavy atom. The van der Waals surface area contributed by atoms with Crippen LogP contribution < -0.4 is 5.32 Å². The molecule has 0 saturated carbocycles. The minimum atomic E-state index is -1.07. The van der Waals surface area contributed by atoms with E-state index < -0.39 is 6.09 Å². The lowest BCUT2D eigenvalue weighted by atomic mass is 9.96. The first-order valence-electron chi connectivity index (χ1n) is 5.44. The van der Waals surface area contributed by atoms with Gasteiger partial charge in [-0.3, -0.25) is 5.32 Å². The lowest BCUT2D eigenvalue weighted by Gasteiger charge is -2.16. The lowest BCUT2D eigenvalue weighted by molar-refractivity contribution is 0.198. The summed E-state index contributed by atoms with van der Waals surface area (Å²) in [4.78, 5) is 10.7. The summed E-state index contributed by atoms with van der Waals surface area (Å²) in [6, 6.07) is 5.26. The van der Waals surface area contributed by atoms with Gasteiger partial charge in [-0.05, 0) is 30.5 Å². The number of halogens is 2. The second kappa shape index (κ2) is 5.46. The van der Waals surface area contributed by atoms with E-state index in [0.29, 0.717) is 15.7 Å². The number of rotatable bonds is 2. The Balaban J connectivity index is 2.35. The maximum Gasteiger partial charge on any atom is 0.409 e. The van der Waals surface area contributed by atoms with Crippen molar-refractivity contribution in [2.45, 2.75) is 12.8 Å². The summed E-state index contributed by atoms with van der Waals surface area (Å²) in [5, 5.41) is 12.1. The summed E-state index contributed by atoms with van der Waals surface area (Å²) in [6.07, 6.45) is 4.48. The van der Waals surface area contributed by atoms with Crippen molar-refractivity contribution in [3.63, 3.8) is 0 Å². The van der Waals surface area contributed by atoms with Crippen molar-refractivity contribution < 1.29 is 9.90 Å². The molecule has 1 aromatic carbocycles. The predicted octanol–water partition coefficient (Wildman–Crippen LogP) is 4.32. The zero-order chi connectivity index (χ0) is 13.1. The van der Waals surface area contributed by atoms with Gasteiger partial charge in [0.15, 0.2) is 0 Å². The Hall–Kier alpha value is -1.45. The van der Waals surface area contributed by atoms with Crippen molar-refractivity contribution in [3.8, 4) is 0 Å². The van der Waals surface area contributed by atoms with Gasteiger partial charge in [-0.1, -0.05) is 41.4 Å². The molecule has 0 heterocycles. The highest BCUT2D eigenvalue weighted by atomic mass is 35.5. The zero-order valence-electron chi connectivity index (χ0n) is 9.41. The molecule has 5 heteroatoms. The molecule has 0 aromatic heterocycles. The molecule has 0 spiro atoms. The maximum absolute atomic E-state index is 10.7. The molecule has 0 bridgehead atoms. The molecule has 0 saturated heterocycles. The molecule has 0 aliphatic heterocycles. The fourth-order valence-corrected chi connectivity index (χ4v) is 2.14. The first-order valence-corrected chi connectivity index (χ1v) is 6.19. The summed E-state index contributed by atoms with van der Waals surface area (Å²) in [5.74, 6) is 0. The van der Waals surface area contributed by atoms with E-state index in [1.807, 2.05) is 18.2 Å². The highest BCUT2D eigenvalue weighted by Gasteiger charge is 2.14. The highest BCUT2D eigenvalue weighted by Crippen LogP contribution is 2.31. The van der Waals surface area contributed by atoms with E-state index in [9.17, 15) is 4.79 Å². The topological polar surface area (TPSA) is 49.3 Å². The molecule has 0 fully saturated rings. The predicted molar refractivity (Wildman–Crippen MR) is 72.9 cm³/mol. The molecule has 0 unspecified atom stereocenters. The largest absolute Gasteiger partial charge is 0.465 e. The number of amides is 1. The van der Waals surface area contributed by atoms with Crippen LogP contribution in [-0.2, 0) is 0 Å². The van der Waals surface area contributed by atoms with Crippen molar-refractivity contribution in [3.05, 3.63) is 51.7 Å². The Kier molecular flexibility index (Phi) is 3.94. The van der Waals surface area contributed by atoms with Gasteiger partial charge in [0.2, 0.25) is 0 Å². The first kappa shape index (κ1) is 13.0. The molecule has 1 amide bonds. The monoisotopic (exact) mass is 283 g/mol. The average Bonchev–Trinajstić information content (AvgIpc) is 2.33. The van der Waals surface area contributed by atoms with E-state index in [1.165, 1.54) is 0 Å². The molecule has 94 valence electrons. The standard InChI is InChI=1S/C13H11Cl2NO2/c14-10-6-5-8(7-11(10)15)9-3-1-2-4-12(9)16-13(17)18/h3-7,16H,1-2H2,(H,17,18). The molecule has 2 rings (SSSR count). The summed E-state index contributed by atoms with van der Waals surface area (Å²) in [5.41, 5.74) is 2.28. The molecule has 1 aromatic rings. The van der Waals surface area contributed by atoms with Gasteiger partial charge >= 0.3 is 6.09 Å². The quantitative estimate of drug-likeness (QED) is 0.849. The molecule has 18 heavy (non-hydrogen) atoms. The van der Waals surface area contributed by atoms with Crippen LogP contribution in [0, 0.1) is 0 Å². The molecule has 0 atom stereocenters. The summed E-state index contributed by atoms with van der Waals surface area (Å²) in [6.45, 7) is 0. The molecular weight excluding hydrogens is 273 g/mol. The lowest BCUT2D eigenvalue weighted by Crippen LogP contribution is -2.22. The van der Waals surface area contributed by atoms with Crippen LogP contribution in [0.1, 0.15) is 18.4 Å². The van der Waals surface area contributed by atoms with Crippen molar-refractivity contribution in [2.75, 3.05) is 0 Å². The molecule has 3 nitrogen and oxygen atoms in total. The van der Waals surface area contributed by atoms with Crippen LogP contribution in [0.5, 0.6) is 0 Å². The van der Waals surface area contributed by atoms with E-state index in [4.69, 9.17) is 28.3 Å². The van der Waals surface area contributed by atoms with Crippen molar-refractivity contribution in [1.29, 1.82) is 0 Å². The van der Waals surface area contributed by atoms with Crippen molar-refractivity contribution in [1.82, 2.24) is 5.32 Å². The number of carboxylic acid groups (broad SMARTS) is 1. The average molecular weight is 284 g/mol. The second-order valence-corrected chi connectivity index (χ2v) is 4.69. The first-order chi connectivity index (χ1) is 8.58. The Bertz CT molecular complexity index is 550. The Morgan fingerprint density at radius 1 is 1.17 bits per heavy atom. The van der Waals surface area contributed by atoms with Gasteiger partial charge in [-0.2, -0.15) is 0 Å². The molecule has 1 aliphatic rings. The number of allylic oxidation sites excluding steroid dienone is 3. The van der Waals surface area contributed by atoms with E-state index >= 15 is 0 Å². The zero-order valence-corrected chi connectivity index (χ0v) is 10.9. The van der Waals surface area contributed by atoms with Crippen LogP contribution in [0.4, 0.5) is 4.79 Å². The van der Waals surface area contributed by atoms with E-state index in [1.54, 1.807) is 12.1 Å². The Morgan fingerprint density at radius 3 is 2.56 bits per heavy atom. The minimum Gasteiger partial charge on any atom is -0.465 e. The fourth-order valence-electron chi connectivity index (χ4n) is 1.85. The van der Waals surface area contributed by atoms with Gasteiger partial charge in [0, 0.05) is 11.3 Å². The van der Waals surface area contributed by atoms with Crippen LogP contribution in [0.25, 0.3) is 5.57 Å². The number of hydrogen-bond acceptors (Lipinski definition) is 1.